The van der Waals surface area contributed by atoms with E-state index in [2.05, 4.69) is 53.5 Å². The Morgan fingerprint density at radius 3 is 2.69 bits per heavy atom. The van der Waals surface area contributed by atoms with E-state index in [4.69, 9.17) is 9.84 Å². The van der Waals surface area contributed by atoms with Crippen LogP contribution in [0.25, 0.3) is 23.0 Å². The quantitative estimate of drug-likeness (QED) is 0.502. The van der Waals surface area contributed by atoms with Crippen LogP contribution < -0.4 is 0 Å². The van der Waals surface area contributed by atoms with Gasteiger partial charge < -0.3 is 9.64 Å². The van der Waals surface area contributed by atoms with E-state index in [1.165, 1.54) is 16.8 Å². The number of ether oxygens (including phenoxy) is 1. The molecule has 3 aromatic rings. The molecule has 1 fully saturated rings. The molecule has 4 heterocycles. The van der Waals surface area contributed by atoms with Gasteiger partial charge in [-0.3, -0.25) is 19.2 Å². The fourth-order valence-electron chi connectivity index (χ4n) is 5.45. The molecule has 5 rings (SSSR count). The molecule has 36 heavy (non-hydrogen) atoms. The summed E-state index contributed by atoms with van der Waals surface area (Å²) in [4.78, 5) is 18.5. The summed E-state index contributed by atoms with van der Waals surface area (Å²) in [5.41, 5.74) is 9.62. The van der Waals surface area contributed by atoms with Gasteiger partial charge in [0.1, 0.15) is 0 Å². The SMILES string of the molecule is C=N/C(=C\c1ccc(C)c(-c2nn(C3CCOCC3)c3c2CN(C(C)=O)CC3)c1C)c1cnn(C)c1. The van der Waals surface area contributed by atoms with Crippen molar-refractivity contribution in [3.63, 3.8) is 0 Å². The third kappa shape index (κ3) is 4.41. The van der Waals surface area contributed by atoms with Gasteiger partial charge in [0.05, 0.1) is 23.6 Å². The summed E-state index contributed by atoms with van der Waals surface area (Å²) < 4.78 is 9.63. The molecule has 0 unspecified atom stereocenters. The molecule has 0 saturated carbocycles. The van der Waals surface area contributed by atoms with Gasteiger partial charge in [-0.15, -0.1) is 0 Å². The Bertz CT molecular complexity index is 1340. The van der Waals surface area contributed by atoms with Crippen LogP contribution in [0.4, 0.5) is 0 Å². The number of nitrogens with zero attached hydrogens (tertiary/aromatic N) is 6. The molecular formula is C28H34N6O2. The van der Waals surface area contributed by atoms with Gasteiger partial charge in [-0.1, -0.05) is 12.1 Å². The molecule has 1 aromatic carbocycles. The maximum atomic E-state index is 12.3. The zero-order chi connectivity index (χ0) is 25.4. The van der Waals surface area contributed by atoms with E-state index in [0.717, 1.165) is 72.7 Å². The van der Waals surface area contributed by atoms with Gasteiger partial charge in [-0.25, -0.2) is 0 Å². The molecule has 1 saturated heterocycles. The van der Waals surface area contributed by atoms with E-state index in [0.29, 0.717) is 12.6 Å². The second-order valence-corrected chi connectivity index (χ2v) is 9.81. The number of hydrogen-bond acceptors (Lipinski definition) is 5. The maximum absolute atomic E-state index is 12.3. The predicted molar refractivity (Wildman–Crippen MR) is 142 cm³/mol. The van der Waals surface area contributed by atoms with Gasteiger partial charge in [0.2, 0.25) is 5.91 Å². The van der Waals surface area contributed by atoms with E-state index in [9.17, 15) is 4.79 Å². The average molecular weight is 487 g/mol. The summed E-state index contributed by atoms with van der Waals surface area (Å²) >= 11 is 0. The molecule has 0 bridgehead atoms. The standard InChI is InChI=1S/C28H34N6O2/c1-18-6-7-21(14-25(29-4)22-15-30-32(5)16-22)19(2)27(18)28-24-17-33(20(3)35)11-8-26(24)34(31-28)23-9-12-36-13-10-23/h6-7,14-16,23H,4,8-13,17H2,1-3,5H3/b25-14-. The van der Waals surface area contributed by atoms with Crippen molar-refractivity contribution >= 4 is 24.4 Å². The van der Waals surface area contributed by atoms with Gasteiger partial charge in [-0.2, -0.15) is 10.2 Å². The normalized spacial score (nSPS) is 16.8. The van der Waals surface area contributed by atoms with Gasteiger partial charge in [0.25, 0.3) is 0 Å². The van der Waals surface area contributed by atoms with Crippen molar-refractivity contribution in [3.8, 4) is 11.3 Å². The monoisotopic (exact) mass is 486 g/mol. The average Bonchev–Trinajstić information content (AvgIpc) is 3.48. The summed E-state index contributed by atoms with van der Waals surface area (Å²) in [6, 6.07) is 4.60. The van der Waals surface area contributed by atoms with Crippen LogP contribution in [-0.4, -0.2) is 56.8 Å². The van der Waals surface area contributed by atoms with Crippen molar-refractivity contribution in [2.45, 2.75) is 52.6 Å². The van der Waals surface area contributed by atoms with Crippen molar-refractivity contribution in [1.29, 1.82) is 0 Å². The Balaban J connectivity index is 1.64. The predicted octanol–water partition coefficient (Wildman–Crippen LogP) is 4.36. The molecule has 0 radical (unpaired) electrons. The van der Waals surface area contributed by atoms with Crippen LogP contribution in [0.2, 0.25) is 0 Å². The highest BCUT2D eigenvalue weighted by atomic mass is 16.5. The molecule has 1 amide bonds. The van der Waals surface area contributed by atoms with Crippen LogP contribution in [0.15, 0.2) is 29.5 Å². The number of aliphatic imine (C=N–C) groups is 1. The van der Waals surface area contributed by atoms with Crippen LogP contribution in [0.3, 0.4) is 0 Å². The second kappa shape index (κ2) is 9.85. The van der Waals surface area contributed by atoms with Gasteiger partial charge >= 0.3 is 0 Å². The van der Waals surface area contributed by atoms with Crippen LogP contribution in [0.1, 0.15) is 59.3 Å². The highest BCUT2D eigenvalue weighted by molar-refractivity contribution is 5.86. The number of carbonyl (C=O) groups is 1. The minimum atomic E-state index is 0.105. The Kier molecular flexibility index (Phi) is 6.62. The lowest BCUT2D eigenvalue weighted by molar-refractivity contribution is -0.129. The maximum Gasteiger partial charge on any atom is 0.219 e. The molecule has 0 N–H and O–H groups in total. The topological polar surface area (TPSA) is 77.5 Å². The molecule has 0 atom stereocenters. The van der Waals surface area contributed by atoms with E-state index in [1.54, 1.807) is 17.8 Å². The molecule has 188 valence electrons. The highest BCUT2D eigenvalue weighted by Crippen LogP contribution is 2.38. The molecular weight excluding hydrogens is 452 g/mol. The molecule has 8 nitrogen and oxygen atoms in total. The minimum Gasteiger partial charge on any atom is -0.381 e. The zero-order valence-electron chi connectivity index (χ0n) is 21.6. The fourth-order valence-corrected chi connectivity index (χ4v) is 5.45. The van der Waals surface area contributed by atoms with Crippen molar-refractivity contribution in [3.05, 3.63) is 58.0 Å². The summed E-state index contributed by atoms with van der Waals surface area (Å²) in [7, 11) is 1.89. The number of rotatable bonds is 5. The molecule has 2 aromatic heterocycles. The first-order valence-electron chi connectivity index (χ1n) is 12.6. The van der Waals surface area contributed by atoms with E-state index in [1.807, 2.05) is 18.1 Å². The second-order valence-electron chi connectivity index (χ2n) is 9.81. The van der Waals surface area contributed by atoms with Crippen LogP contribution in [0, 0.1) is 13.8 Å². The third-order valence-corrected chi connectivity index (χ3v) is 7.48. The van der Waals surface area contributed by atoms with Gasteiger partial charge in [-0.05, 0) is 56.2 Å². The number of carbonyl (C=O) groups excluding carboxylic acids is 1. The third-order valence-electron chi connectivity index (χ3n) is 7.48. The van der Waals surface area contributed by atoms with Crippen LogP contribution in [0.5, 0.6) is 0 Å². The largest absolute Gasteiger partial charge is 0.381 e. The Morgan fingerprint density at radius 1 is 1.25 bits per heavy atom. The first-order chi connectivity index (χ1) is 17.4. The number of aromatic nitrogens is 4. The Morgan fingerprint density at radius 2 is 2.03 bits per heavy atom. The molecule has 8 heteroatoms. The zero-order valence-corrected chi connectivity index (χ0v) is 21.6. The smallest absolute Gasteiger partial charge is 0.219 e. The van der Waals surface area contributed by atoms with Crippen LogP contribution >= 0.6 is 0 Å². The molecule has 0 spiro atoms. The summed E-state index contributed by atoms with van der Waals surface area (Å²) in [6.45, 7) is 12.6. The van der Waals surface area contributed by atoms with Gasteiger partial charge in [0, 0.05) is 75.3 Å². The van der Waals surface area contributed by atoms with E-state index < -0.39 is 0 Å². The lowest BCUT2D eigenvalue weighted by Gasteiger charge is -2.29. The van der Waals surface area contributed by atoms with Crippen molar-refractivity contribution in [1.82, 2.24) is 24.5 Å². The Labute approximate surface area is 212 Å². The molecule has 0 aliphatic carbocycles. The number of benzene rings is 1. The number of hydrogen-bond donors (Lipinski definition) is 0. The lowest BCUT2D eigenvalue weighted by Crippen LogP contribution is -2.35. The van der Waals surface area contributed by atoms with Crippen molar-refractivity contribution in [2.24, 2.45) is 12.0 Å². The molecule has 2 aliphatic rings. The summed E-state index contributed by atoms with van der Waals surface area (Å²) in [5.74, 6) is 0.105. The Hall–Kier alpha value is -3.52. The first kappa shape index (κ1) is 24.2. The number of amides is 1. The summed E-state index contributed by atoms with van der Waals surface area (Å²) in [5, 5.41) is 9.54. The lowest BCUT2D eigenvalue weighted by atomic mass is 9.91. The van der Waals surface area contributed by atoms with Crippen LogP contribution in [-0.2, 0) is 29.5 Å². The van der Waals surface area contributed by atoms with E-state index >= 15 is 0 Å². The van der Waals surface area contributed by atoms with Crippen molar-refractivity contribution in [2.75, 3.05) is 19.8 Å². The van der Waals surface area contributed by atoms with Crippen molar-refractivity contribution < 1.29 is 9.53 Å². The number of aryl methyl sites for hydroxylation is 2. The van der Waals surface area contributed by atoms with E-state index in [-0.39, 0.29) is 5.91 Å². The minimum absolute atomic E-state index is 0.105. The fraction of sp³-hybridized carbons (Fsp3) is 0.429. The first-order valence-corrected chi connectivity index (χ1v) is 12.6. The van der Waals surface area contributed by atoms with Gasteiger partial charge in [0.15, 0.2) is 0 Å². The highest BCUT2D eigenvalue weighted by Gasteiger charge is 2.31. The number of fused-ring (bicyclic) bond motifs is 1. The molecule has 2 aliphatic heterocycles. The summed E-state index contributed by atoms with van der Waals surface area (Å²) in [6.07, 6.45) is 8.55.